The lowest BCUT2D eigenvalue weighted by molar-refractivity contribution is 0.0411. The van der Waals surface area contributed by atoms with Crippen LogP contribution in [0.2, 0.25) is 0 Å². The van der Waals surface area contributed by atoms with Crippen LogP contribution in [0, 0.1) is 20.8 Å². The van der Waals surface area contributed by atoms with Crippen LogP contribution in [-0.2, 0) is 13.0 Å². The van der Waals surface area contributed by atoms with Crippen LogP contribution in [0.3, 0.4) is 0 Å². The van der Waals surface area contributed by atoms with E-state index in [0.717, 1.165) is 64.1 Å². The number of rotatable bonds is 7. The zero-order valence-corrected chi connectivity index (χ0v) is 20.3. The molecule has 1 N–H and O–H groups in total. The van der Waals surface area contributed by atoms with E-state index < -0.39 is 0 Å². The summed E-state index contributed by atoms with van der Waals surface area (Å²) in [4.78, 5) is 0. The fourth-order valence-corrected chi connectivity index (χ4v) is 4.55. The lowest BCUT2D eigenvalue weighted by Crippen LogP contribution is -2.38. The van der Waals surface area contributed by atoms with Gasteiger partial charge in [-0.3, -0.25) is 4.68 Å². The van der Waals surface area contributed by atoms with Gasteiger partial charge in [-0.25, -0.2) is 0 Å². The number of aromatic nitrogens is 2. The van der Waals surface area contributed by atoms with Crippen molar-refractivity contribution in [1.82, 2.24) is 9.78 Å². The Bertz CT molecular complexity index is 1160. The third-order valence-electron chi connectivity index (χ3n) is 6.81. The van der Waals surface area contributed by atoms with Crippen LogP contribution in [0.15, 0.2) is 42.7 Å². The van der Waals surface area contributed by atoms with Gasteiger partial charge in [0.05, 0.1) is 13.2 Å². The summed E-state index contributed by atoms with van der Waals surface area (Å²) in [6.45, 7) is 11.4. The van der Waals surface area contributed by atoms with Crippen LogP contribution in [0.5, 0.6) is 17.2 Å². The average molecular weight is 447 g/mol. The molecule has 1 aliphatic rings. The highest BCUT2D eigenvalue weighted by atomic mass is 16.5. The van der Waals surface area contributed by atoms with E-state index in [2.05, 4.69) is 36.3 Å². The molecule has 0 saturated heterocycles. The third-order valence-corrected chi connectivity index (χ3v) is 6.81. The normalized spacial score (nSPS) is 17.7. The summed E-state index contributed by atoms with van der Waals surface area (Å²) in [5.41, 5.74) is 5.92. The van der Waals surface area contributed by atoms with E-state index in [1.807, 2.05) is 50.7 Å². The van der Waals surface area contributed by atoms with E-state index in [9.17, 15) is 5.11 Å². The van der Waals surface area contributed by atoms with Crippen LogP contribution in [-0.4, -0.2) is 27.1 Å². The Hall–Kier alpha value is -3.21. The van der Waals surface area contributed by atoms with Crippen molar-refractivity contribution in [3.63, 3.8) is 0 Å². The van der Waals surface area contributed by atoms with E-state index in [1.165, 1.54) is 0 Å². The second-order valence-corrected chi connectivity index (χ2v) is 9.26. The van der Waals surface area contributed by atoms with Crippen molar-refractivity contribution in [3.05, 3.63) is 76.1 Å². The fourth-order valence-electron chi connectivity index (χ4n) is 4.55. The Kier molecular flexibility index (Phi) is 6.50. The molecule has 1 aliphatic heterocycles. The lowest BCUT2D eigenvalue weighted by atomic mass is 9.86. The molecule has 0 amide bonds. The van der Waals surface area contributed by atoms with Crippen molar-refractivity contribution in [2.24, 2.45) is 0 Å². The standard InChI is InChI=1S/C28H34N2O3/c1-6-8-23-10-9-22(18-30-15-7-14-29-30)17-25(23)32-16-13-28(5)12-11-24-21(4)26(31)19(2)20(3)27(24)33-28/h6-10,14-15,17,31H,11-13,16,18H2,1-5H3/b8-6+. The summed E-state index contributed by atoms with van der Waals surface area (Å²) in [6.07, 6.45) is 10.4. The van der Waals surface area contributed by atoms with Gasteiger partial charge in [0, 0.05) is 29.9 Å². The molecule has 0 fully saturated rings. The molecule has 1 unspecified atom stereocenters. The number of ether oxygens (including phenoxy) is 2. The number of benzene rings is 2. The van der Waals surface area contributed by atoms with Gasteiger partial charge in [-0.1, -0.05) is 24.3 Å². The highest BCUT2D eigenvalue weighted by Crippen LogP contribution is 2.44. The van der Waals surface area contributed by atoms with Crippen molar-refractivity contribution in [2.45, 2.75) is 66.0 Å². The zero-order valence-electron chi connectivity index (χ0n) is 20.3. The van der Waals surface area contributed by atoms with Gasteiger partial charge in [-0.15, -0.1) is 0 Å². The first-order chi connectivity index (χ1) is 15.8. The minimum absolute atomic E-state index is 0.305. The third kappa shape index (κ3) is 4.77. The SMILES string of the molecule is C/C=C/c1ccc(Cn2cccn2)cc1OCCC1(C)CCc2c(C)c(O)c(C)c(C)c2O1. The molecule has 5 nitrogen and oxygen atoms in total. The number of allylic oxidation sites excluding steroid dienone is 1. The van der Waals surface area contributed by atoms with Crippen LogP contribution < -0.4 is 9.47 Å². The van der Waals surface area contributed by atoms with Crippen molar-refractivity contribution in [3.8, 4) is 17.2 Å². The molecule has 0 saturated carbocycles. The van der Waals surface area contributed by atoms with Crippen LogP contribution in [0.4, 0.5) is 0 Å². The molecule has 1 aromatic heterocycles. The molecule has 0 aliphatic carbocycles. The molecule has 5 heteroatoms. The summed E-state index contributed by atoms with van der Waals surface area (Å²) in [7, 11) is 0. The number of nitrogens with zero attached hydrogens (tertiary/aromatic N) is 2. The molecule has 2 heterocycles. The first-order valence-electron chi connectivity index (χ1n) is 11.7. The number of hydrogen-bond donors (Lipinski definition) is 1. The Morgan fingerprint density at radius 2 is 2.03 bits per heavy atom. The van der Waals surface area contributed by atoms with Gasteiger partial charge in [0.25, 0.3) is 0 Å². The van der Waals surface area contributed by atoms with Crippen molar-refractivity contribution in [1.29, 1.82) is 0 Å². The summed E-state index contributed by atoms with van der Waals surface area (Å²) < 4.78 is 14.8. The maximum Gasteiger partial charge on any atom is 0.127 e. The van der Waals surface area contributed by atoms with Crippen molar-refractivity contribution in [2.75, 3.05) is 6.61 Å². The number of phenolic OH excluding ortho intramolecular Hbond substituents is 1. The Labute approximate surface area is 196 Å². The van der Waals surface area contributed by atoms with Crippen LogP contribution >= 0.6 is 0 Å². The Balaban J connectivity index is 1.48. The average Bonchev–Trinajstić information content (AvgIpc) is 3.31. The van der Waals surface area contributed by atoms with E-state index in [1.54, 1.807) is 6.20 Å². The monoisotopic (exact) mass is 446 g/mol. The van der Waals surface area contributed by atoms with E-state index in [-0.39, 0.29) is 5.60 Å². The lowest BCUT2D eigenvalue weighted by Gasteiger charge is -2.38. The van der Waals surface area contributed by atoms with Crippen molar-refractivity contribution >= 4 is 6.08 Å². The predicted octanol–water partition coefficient (Wildman–Crippen LogP) is 6.15. The van der Waals surface area contributed by atoms with Gasteiger partial charge in [0.2, 0.25) is 0 Å². The van der Waals surface area contributed by atoms with E-state index >= 15 is 0 Å². The number of phenols is 1. The second-order valence-electron chi connectivity index (χ2n) is 9.26. The Morgan fingerprint density at radius 3 is 2.76 bits per heavy atom. The molecule has 0 radical (unpaired) electrons. The van der Waals surface area contributed by atoms with Gasteiger partial charge in [0.15, 0.2) is 0 Å². The summed E-state index contributed by atoms with van der Waals surface area (Å²) in [5, 5.41) is 14.7. The van der Waals surface area contributed by atoms with Gasteiger partial charge < -0.3 is 14.6 Å². The molecule has 33 heavy (non-hydrogen) atoms. The molecule has 3 aromatic rings. The molecule has 0 spiro atoms. The molecule has 2 aromatic carbocycles. The summed E-state index contributed by atoms with van der Waals surface area (Å²) >= 11 is 0. The predicted molar refractivity (Wildman–Crippen MR) is 132 cm³/mol. The fraction of sp³-hybridized carbons (Fsp3) is 0.393. The largest absolute Gasteiger partial charge is 0.507 e. The maximum absolute atomic E-state index is 10.4. The second kappa shape index (κ2) is 9.34. The minimum atomic E-state index is -0.305. The quantitative estimate of drug-likeness (QED) is 0.473. The Morgan fingerprint density at radius 1 is 1.21 bits per heavy atom. The minimum Gasteiger partial charge on any atom is -0.507 e. The zero-order chi connectivity index (χ0) is 23.6. The smallest absolute Gasteiger partial charge is 0.127 e. The molecular formula is C28H34N2O3. The number of fused-ring (bicyclic) bond motifs is 1. The topological polar surface area (TPSA) is 56.5 Å². The highest BCUT2D eigenvalue weighted by Gasteiger charge is 2.34. The van der Waals surface area contributed by atoms with E-state index in [0.29, 0.717) is 18.9 Å². The molecular weight excluding hydrogens is 412 g/mol. The van der Waals surface area contributed by atoms with Gasteiger partial charge in [-0.2, -0.15) is 5.10 Å². The van der Waals surface area contributed by atoms with Crippen LogP contribution in [0.1, 0.15) is 60.1 Å². The first kappa shape index (κ1) is 23.0. The molecule has 1 atom stereocenters. The molecule has 174 valence electrons. The van der Waals surface area contributed by atoms with Gasteiger partial charge >= 0.3 is 0 Å². The van der Waals surface area contributed by atoms with Crippen molar-refractivity contribution < 1.29 is 14.6 Å². The first-order valence-corrected chi connectivity index (χ1v) is 11.7. The summed E-state index contributed by atoms with van der Waals surface area (Å²) in [5.74, 6) is 2.21. The molecule has 0 bridgehead atoms. The van der Waals surface area contributed by atoms with Crippen LogP contribution in [0.25, 0.3) is 6.08 Å². The number of hydrogen-bond acceptors (Lipinski definition) is 4. The highest BCUT2D eigenvalue weighted by molar-refractivity contribution is 5.59. The number of aromatic hydroxyl groups is 1. The molecule has 4 rings (SSSR count). The maximum atomic E-state index is 10.4. The van der Waals surface area contributed by atoms with Gasteiger partial charge in [0.1, 0.15) is 22.8 Å². The summed E-state index contributed by atoms with van der Waals surface area (Å²) in [6, 6.07) is 8.26. The van der Waals surface area contributed by atoms with E-state index in [4.69, 9.17) is 9.47 Å². The van der Waals surface area contributed by atoms with Gasteiger partial charge in [-0.05, 0) is 81.8 Å².